The molecule has 0 aliphatic heterocycles. The van der Waals surface area contributed by atoms with E-state index in [9.17, 15) is 9.90 Å². The minimum Gasteiger partial charge on any atom is -0.508 e. The zero-order valence-electron chi connectivity index (χ0n) is 9.53. The van der Waals surface area contributed by atoms with Gasteiger partial charge in [-0.25, -0.2) is 0 Å². The molecule has 0 saturated heterocycles. The van der Waals surface area contributed by atoms with Gasteiger partial charge in [0.2, 0.25) is 0 Å². The van der Waals surface area contributed by atoms with Crippen LogP contribution in [0.4, 0.5) is 0 Å². The summed E-state index contributed by atoms with van der Waals surface area (Å²) in [5.74, 6) is 0.528. The van der Waals surface area contributed by atoms with Crippen LogP contribution in [0.2, 0.25) is 0 Å². The first-order chi connectivity index (χ1) is 8.16. The Balaban J connectivity index is 1.89. The van der Waals surface area contributed by atoms with E-state index in [-0.39, 0.29) is 11.7 Å². The van der Waals surface area contributed by atoms with Crippen molar-refractivity contribution in [1.82, 2.24) is 5.32 Å². The molecule has 2 rings (SSSR count). The van der Waals surface area contributed by atoms with Crippen molar-refractivity contribution in [2.45, 2.75) is 24.1 Å². The lowest BCUT2D eigenvalue weighted by molar-refractivity contribution is 0.0947. The first-order valence-corrected chi connectivity index (χ1v) is 6.79. The molecule has 0 aromatic heterocycles. The molecule has 2 atom stereocenters. The highest BCUT2D eigenvalue weighted by Crippen LogP contribution is 2.30. The molecular formula is C13H16BrNO2. The van der Waals surface area contributed by atoms with E-state index in [1.54, 1.807) is 18.2 Å². The van der Waals surface area contributed by atoms with Crippen LogP contribution >= 0.6 is 15.9 Å². The van der Waals surface area contributed by atoms with E-state index >= 15 is 0 Å². The third-order valence-corrected chi connectivity index (χ3v) is 4.40. The number of carbonyl (C=O) groups is 1. The minimum atomic E-state index is -0.118. The van der Waals surface area contributed by atoms with Gasteiger partial charge in [-0.3, -0.25) is 4.79 Å². The molecule has 0 heterocycles. The molecule has 1 aromatic rings. The summed E-state index contributed by atoms with van der Waals surface area (Å²) in [6.07, 6.45) is 3.57. The molecule has 1 aliphatic carbocycles. The van der Waals surface area contributed by atoms with Gasteiger partial charge in [0.1, 0.15) is 5.75 Å². The van der Waals surface area contributed by atoms with E-state index in [0.717, 1.165) is 6.42 Å². The van der Waals surface area contributed by atoms with E-state index < -0.39 is 0 Å². The van der Waals surface area contributed by atoms with Gasteiger partial charge in [0.25, 0.3) is 5.91 Å². The minimum absolute atomic E-state index is 0.118. The largest absolute Gasteiger partial charge is 0.508 e. The number of hydrogen-bond acceptors (Lipinski definition) is 2. The molecule has 1 saturated carbocycles. The number of nitrogens with one attached hydrogen (secondary N) is 1. The molecule has 17 heavy (non-hydrogen) atoms. The highest BCUT2D eigenvalue weighted by atomic mass is 79.9. The van der Waals surface area contributed by atoms with Gasteiger partial charge in [0, 0.05) is 16.9 Å². The topological polar surface area (TPSA) is 49.3 Å². The second kappa shape index (κ2) is 5.54. The number of phenols is 1. The maximum Gasteiger partial charge on any atom is 0.251 e. The number of phenolic OH excluding ortho intramolecular Hbond substituents is 1. The number of benzene rings is 1. The number of alkyl halides is 1. The van der Waals surface area contributed by atoms with Crippen LogP contribution in [0.3, 0.4) is 0 Å². The lowest BCUT2D eigenvalue weighted by atomic mass is 10.1. The fraction of sp³-hybridized carbons (Fsp3) is 0.462. The molecule has 0 bridgehead atoms. The molecule has 0 spiro atoms. The Hall–Kier alpha value is -1.03. The molecule has 1 amide bonds. The lowest BCUT2D eigenvalue weighted by Crippen LogP contribution is -2.30. The zero-order valence-corrected chi connectivity index (χ0v) is 11.1. The van der Waals surface area contributed by atoms with Gasteiger partial charge in [-0.1, -0.05) is 28.4 Å². The van der Waals surface area contributed by atoms with Gasteiger partial charge in [0.05, 0.1) is 0 Å². The van der Waals surface area contributed by atoms with Crippen LogP contribution in [-0.2, 0) is 0 Å². The second-order valence-corrected chi connectivity index (χ2v) is 5.64. The van der Waals surface area contributed by atoms with Crippen LogP contribution in [0.25, 0.3) is 0 Å². The van der Waals surface area contributed by atoms with Crippen LogP contribution in [0.1, 0.15) is 29.6 Å². The summed E-state index contributed by atoms with van der Waals surface area (Å²) in [6, 6.07) is 6.42. The highest BCUT2D eigenvalue weighted by molar-refractivity contribution is 9.09. The van der Waals surface area contributed by atoms with Crippen LogP contribution in [0.5, 0.6) is 5.75 Å². The maximum absolute atomic E-state index is 11.8. The average Bonchev–Trinajstić information content (AvgIpc) is 2.72. The average molecular weight is 298 g/mol. The smallest absolute Gasteiger partial charge is 0.251 e. The maximum atomic E-state index is 11.8. The standard InChI is InChI=1S/C13H16BrNO2/c14-12-6-2-4-10(12)8-15-13(17)9-3-1-5-11(16)7-9/h1,3,5,7,10,12,16H,2,4,6,8H2,(H,15,17). The Kier molecular flexibility index (Phi) is 4.05. The van der Waals surface area contributed by atoms with Crippen molar-refractivity contribution in [2.24, 2.45) is 5.92 Å². The van der Waals surface area contributed by atoms with Crippen LogP contribution in [0.15, 0.2) is 24.3 Å². The predicted octanol–water partition coefficient (Wildman–Crippen LogP) is 2.69. The third-order valence-electron chi connectivity index (χ3n) is 3.20. The van der Waals surface area contributed by atoms with Crippen molar-refractivity contribution >= 4 is 21.8 Å². The first kappa shape index (κ1) is 12.4. The lowest BCUT2D eigenvalue weighted by Gasteiger charge is -2.14. The number of hydrogen-bond donors (Lipinski definition) is 2. The van der Waals surface area contributed by atoms with Crippen molar-refractivity contribution in [1.29, 1.82) is 0 Å². The van der Waals surface area contributed by atoms with E-state index in [0.29, 0.717) is 22.9 Å². The Morgan fingerprint density at radius 2 is 2.29 bits per heavy atom. The van der Waals surface area contributed by atoms with Crippen LogP contribution in [0, 0.1) is 5.92 Å². The summed E-state index contributed by atoms with van der Waals surface area (Å²) in [4.78, 5) is 12.3. The van der Waals surface area contributed by atoms with E-state index in [2.05, 4.69) is 21.2 Å². The van der Waals surface area contributed by atoms with Crippen molar-refractivity contribution < 1.29 is 9.90 Å². The Morgan fingerprint density at radius 1 is 1.47 bits per heavy atom. The van der Waals surface area contributed by atoms with Gasteiger partial charge in [-0.15, -0.1) is 0 Å². The zero-order chi connectivity index (χ0) is 12.3. The summed E-state index contributed by atoms with van der Waals surface area (Å²) >= 11 is 3.63. The number of aromatic hydroxyl groups is 1. The number of halogens is 1. The molecule has 4 heteroatoms. The third kappa shape index (κ3) is 3.22. The van der Waals surface area contributed by atoms with Gasteiger partial charge in [-0.05, 0) is 37.0 Å². The summed E-state index contributed by atoms with van der Waals surface area (Å²) in [6.45, 7) is 0.699. The molecule has 1 aliphatic rings. The fourth-order valence-electron chi connectivity index (χ4n) is 2.19. The van der Waals surface area contributed by atoms with Gasteiger partial charge >= 0.3 is 0 Å². The van der Waals surface area contributed by atoms with Crippen LogP contribution in [-0.4, -0.2) is 22.4 Å². The highest BCUT2D eigenvalue weighted by Gasteiger charge is 2.25. The fourth-order valence-corrected chi connectivity index (χ4v) is 2.97. The quantitative estimate of drug-likeness (QED) is 0.843. The van der Waals surface area contributed by atoms with E-state index in [1.165, 1.54) is 18.9 Å². The molecule has 2 unspecified atom stereocenters. The number of rotatable bonds is 3. The van der Waals surface area contributed by atoms with Crippen molar-refractivity contribution in [3.05, 3.63) is 29.8 Å². The normalized spacial score (nSPS) is 23.6. The Labute approximate surface area is 109 Å². The molecule has 0 radical (unpaired) electrons. The van der Waals surface area contributed by atoms with Gasteiger partial charge in [-0.2, -0.15) is 0 Å². The molecule has 2 N–H and O–H groups in total. The first-order valence-electron chi connectivity index (χ1n) is 5.88. The number of amides is 1. The van der Waals surface area contributed by atoms with Crippen molar-refractivity contribution in [2.75, 3.05) is 6.54 Å². The van der Waals surface area contributed by atoms with Crippen molar-refractivity contribution in [3.8, 4) is 5.75 Å². The van der Waals surface area contributed by atoms with E-state index in [1.807, 2.05) is 0 Å². The molecule has 1 aromatic carbocycles. The molecular weight excluding hydrogens is 282 g/mol. The molecule has 1 fully saturated rings. The molecule has 92 valence electrons. The monoisotopic (exact) mass is 297 g/mol. The summed E-state index contributed by atoms with van der Waals surface area (Å²) in [5, 5.41) is 12.2. The Bertz CT molecular complexity index is 408. The van der Waals surface area contributed by atoms with Crippen LogP contribution < -0.4 is 5.32 Å². The summed E-state index contributed by atoms with van der Waals surface area (Å²) in [7, 11) is 0. The van der Waals surface area contributed by atoms with Gasteiger partial charge in [0.15, 0.2) is 0 Å². The summed E-state index contributed by atoms with van der Waals surface area (Å²) < 4.78 is 0. The second-order valence-electron chi connectivity index (χ2n) is 4.47. The number of carbonyl (C=O) groups excluding carboxylic acids is 1. The van der Waals surface area contributed by atoms with Gasteiger partial charge < -0.3 is 10.4 Å². The predicted molar refractivity (Wildman–Crippen MR) is 70.5 cm³/mol. The summed E-state index contributed by atoms with van der Waals surface area (Å²) in [5.41, 5.74) is 0.508. The Morgan fingerprint density at radius 3 is 2.94 bits per heavy atom. The SMILES string of the molecule is O=C(NCC1CCCC1Br)c1cccc(O)c1. The van der Waals surface area contributed by atoms with E-state index in [4.69, 9.17) is 0 Å². The molecule has 3 nitrogen and oxygen atoms in total. The van der Waals surface area contributed by atoms with Crippen molar-refractivity contribution in [3.63, 3.8) is 0 Å².